The van der Waals surface area contributed by atoms with E-state index in [4.69, 9.17) is 17.0 Å². The molecule has 0 radical (unpaired) electrons. The van der Waals surface area contributed by atoms with Gasteiger partial charge in [0.15, 0.2) is 0 Å². The van der Waals surface area contributed by atoms with Gasteiger partial charge in [0.1, 0.15) is 22.4 Å². The molecule has 1 aliphatic rings. The number of hydrogen-bond acceptors (Lipinski definition) is 4. The van der Waals surface area contributed by atoms with E-state index in [0.29, 0.717) is 12.4 Å². The molecule has 0 aliphatic carbocycles. The maximum absolute atomic E-state index is 14.2. The summed E-state index contributed by atoms with van der Waals surface area (Å²) in [6.45, 7) is 5.47. The topological polar surface area (TPSA) is 53.6 Å². The zero-order valence-corrected chi connectivity index (χ0v) is 17.8. The number of ether oxygens (including phenoxy) is 1. The Bertz CT molecular complexity index is 925. The smallest absolute Gasteiger partial charge is 0.238 e. The highest BCUT2D eigenvalue weighted by Crippen LogP contribution is 2.40. The van der Waals surface area contributed by atoms with Crippen molar-refractivity contribution in [1.82, 2.24) is 15.8 Å². The number of halogens is 2. The van der Waals surface area contributed by atoms with Crippen LogP contribution in [0.4, 0.5) is 8.78 Å². The van der Waals surface area contributed by atoms with Gasteiger partial charge in [-0.1, -0.05) is 37.3 Å². The number of hydrogen-bond donors (Lipinski definition) is 2. The molecular formula is C22H25F2N3O2S. The highest BCUT2D eigenvalue weighted by atomic mass is 32.1. The van der Waals surface area contributed by atoms with E-state index in [9.17, 15) is 13.6 Å². The summed E-state index contributed by atoms with van der Waals surface area (Å²) in [5, 5.41) is 4.70. The standard InChI is InChI=1S/C22H25F2N3O2S/c1-3-25-11-10-15-13-29-20-7-5-4-6-17(20)21(15)27(14(2)28)26-22(30)18-12-16(23)8-9-19(18)24/h4-9,12,15,21,25H,3,10-11,13H2,1-2H3,(H,26,30)/t15-,21?/m1/s1. The molecule has 2 aromatic carbocycles. The van der Waals surface area contributed by atoms with Crippen LogP contribution in [0.2, 0.25) is 0 Å². The van der Waals surface area contributed by atoms with Crippen LogP contribution in [0.5, 0.6) is 5.75 Å². The molecule has 0 spiro atoms. The molecule has 30 heavy (non-hydrogen) atoms. The summed E-state index contributed by atoms with van der Waals surface area (Å²) in [6.07, 6.45) is 0.763. The summed E-state index contributed by atoms with van der Waals surface area (Å²) < 4.78 is 33.8. The minimum atomic E-state index is -0.659. The van der Waals surface area contributed by atoms with Crippen LogP contribution in [0.25, 0.3) is 0 Å². The molecule has 1 aliphatic heterocycles. The quantitative estimate of drug-likeness (QED) is 0.413. The molecule has 2 N–H and O–H groups in total. The fourth-order valence-electron chi connectivity index (χ4n) is 3.64. The Hall–Kier alpha value is -2.58. The third-order valence-corrected chi connectivity index (χ3v) is 5.40. The normalized spacial score (nSPS) is 17.6. The number of carbonyl (C=O) groups excluding carboxylic acids is 1. The van der Waals surface area contributed by atoms with E-state index >= 15 is 0 Å². The molecule has 1 unspecified atom stereocenters. The largest absolute Gasteiger partial charge is 0.493 e. The van der Waals surface area contributed by atoms with Gasteiger partial charge in [-0.25, -0.2) is 13.8 Å². The summed E-state index contributed by atoms with van der Waals surface area (Å²) in [5.41, 5.74) is 3.61. The van der Waals surface area contributed by atoms with Gasteiger partial charge in [-0.2, -0.15) is 0 Å². The summed E-state index contributed by atoms with van der Waals surface area (Å²) in [6, 6.07) is 10.2. The molecule has 0 aromatic heterocycles. The zero-order chi connectivity index (χ0) is 21.7. The molecule has 0 bridgehead atoms. The van der Waals surface area contributed by atoms with E-state index in [1.165, 1.54) is 11.9 Å². The fourth-order valence-corrected chi connectivity index (χ4v) is 3.89. The first kappa shape index (κ1) is 22.1. The summed E-state index contributed by atoms with van der Waals surface area (Å²) >= 11 is 5.32. The first-order valence-electron chi connectivity index (χ1n) is 9.90. The maximum Gasteiger partial charge on any atom is 0.238 e. The Labute approximate surface area is 180 Å². The molecule has 160 valence electrons. The number of fused-ring (bicyclic) bond motifs is 1. The van der Waals surface area contributed by atoms with Crippen molar-refractivity contribution in [3.05, 3.63) is 65.2 Å². The van der Waals surface area contributed by atoms with Crippen LogP contribution in [0, 0.1) is 17.6 Å². The van der Waals surface area contributed by atoms with E-state index in [0.717, 1.165) is 43.3 Å². The lowest BCUT2D eigenvalue weighted by Crippen LogP contribution is -2.51. The molecule has 3 rings (SSSR count). The number of amides is 1. The highest BCUT2D eigenvalue weighted by molar-refractivity contribution is 7.80. The van der Waals surface area contributed by atoms with Crippen molar-refractivity contribution < 1.29 is 18.3 Å². The van der Waals surface area contributed by atoms with Crippen LogP contribution in [0.1, 0.15) is 37.4 Å². The molecule has 2 atom stereocenters. The van der Waals surface area contributed by atoms with Crippen LogP contribution >= 0.6 is 12.2 Å². The average molecular weight is 434 g/mol. The zero-order valence-electron chi connectivity index (χ0n) is 17.0. The predicted molar refractivity (Wildman–Crippen MR) is 115 cm³/mol. The van der Waals surface area contributed by atoms with Crippen LogP contribution in [-0.4, -0.2) is 35.6 Å². The molecule has 8 heteroatoms. The van der Waals surface area contributed by atoms with Gasteiger partial charge < -0.3 is 10.1 Å². The summed E-state index contributed by atoms with van der Waals surface area (Å²) in [4.78, 5) is 12.6. The Kier molecular flexibility index (Phi) is 7.33. The number of rotatable bonds is 6. The van der Waals surface area contributed by atoms with Crippen molar-refractivity contribution in [3.8, 4) is 5.75 Å². The summed E-state index contributed by atoms with van der Waals surface area (Å²) in [7, 11) is 0. The monoisotopic (exact) mass is 433 g/mol. The lowest BCUT2D eigenvalue weighted by molar-refractivity contribution is -0.135. The molecule has 5 nitrogen and oxygen atoms in total. The van der Waals surface area contributed by atoms with Crippen LogP contribution in [-0.2, 0) is 4.79 Å². The van der Waals surface area contributed by atoms with Crippen molar-refractivity contribution in [2.24, 2.45) is 5.92 Å². The van der Waals surface area contributed by atoms with Crippen molar-refractivity contribution >= 4 is 23.1 Å². The van der Waals surface area contributed by atoms with E-state index in [1.807, 2.05) is 31.2 Å². The molecule has 1 heterocycles. The molecule has 0 saturated carbocycles. The van der Waals surface area contributed by atoms with Gasteiger partial charge in [-0.15, -0.1) is 0 Å². The van der Waals surface area contributed by atoms with Gasteiger partial charge in [0, 0.05) is 24.0 Å². The van der Waals surface area contributed by atoms with Crippen molar-refractivity contribution in [2.75, 3.05) is 19.7 Å². The Morgan fingerprint density at radius 2 is 2.03 bits per heavy atom. The first-order chi connectivity index (χ1) is 14.4. The molecular weight excluding hydrogens is 408 g/mol. The molecule has 2 aromatic rings. The van der Waals surface area contributed by atoms with E-state index in [1.54, 1.807) is 0 Å². The average Bonchev–Trinajstić information content (AvgIpc) is 2.73. The number of para-hydroxylation sites is 1. The van der Waals surface area contributed by atoms with E-state index in [-0.39, 0.29) is 28.4 Å². The van der Waals surface area contributed by atoms with Gasteiger partial charge in [0.25, 0.3) is 0 Å². The second-order valence-electron chi connectivity index (χ2n) is 7.15. The second-order valence-corrected chi connectivity index (χ2v) is 7.56. The summed E-state index contributed by atoms with van der Waals surface area (Å²) in [5.74, 6) is -0.878. The van der Waals surface area contributed by atoms with E-state index in [2.05, 4.69) is 10.7 Å². The highest BCUT2D eigenvalue weighted by Gasteiger charge is 2.37. The Morgan fingerprint density at radius 1 is 1.27 bits per heavy atom. The minimum Gasteiger partial charge on any atom is -0.493 e. The third-order valence-electron chi connectivity index (χ3n) is 5.09. The number of nitrogens with zero attached hydrogens (tertiary/aromatic N) is 1. The lowest BCUT2D eigenvalue weighted by atomic mass is 9.87. The molecule has 0 saturated heterocycles. The maximum atomic E-state index is 14.2. The number of benzene rings is 2. The minimum absolute atomic E-state index is 0.0180. The van der Waals surface area contributed by atoms with Crippen LogP contribution in [0.15, 0.2) is 42.5 Å². The van der Waals surface area contributed by atoms with Gasteiger partial charge >= 0.3 is 0 Å². The second kappa shape index (κ2) is 9.95. The van der Waals surface area contributed by atoms with Crippen LogP contribution < -0.4 is 15.5 Å². The SMILES string of the molecule is CCNCC[C@@H]1COc2ccccc2C1N(NC(=S)c1cc(F)ccc1F)C(C)=O. The molecule has 0 fully saturated rings. The van der Waals surface area contributed by atoms with Crippen molar-refractivity contribution in [3.63, 3.8) is 0 Å². The third kappa shape index (κ3) is 4.94. The van der Waals surface area contributed by atoms with Crippen LogP contribution in [0.3, 0.4) is 0 Å². The van der Waals surface area contributed by atoms with Gasteiger partial charge in [0.2, 0.25) is 5.91 Å². The lowest BCUT2D eigenvalue weighted by Gasteiger charge is -2.41. The first-order valence-corrected chi connectivity index (χ1v) is 10.3. The van der Waals surface area contributed by atoms with Crippen molar-refractivity contribution in [2.45, 2.75) is 26.3 Å². The number of thiocarbonyl (C=S) groups is 1. The van der Waals surface area contributed by atoms with Gasteiger partial charge in [0.05, 0.1) is 12.6 Å². The Morgan fingerprint density at radius 3 is 2.77 bits per heavy atom. The number of nitrogens with one attached hydrogen (secondary N) is 2. The van der Waals surface area contributed by atoms with Crippen molar-refractivity contribution in [1.29, 1.82) is 0 Å². The number of carbonyl (C=O) groups is 1. The van der Waals surface area contributed by atoms with E-state index < -0.39 is 11.6 Å². The van der Waals surface area contributed by atoms with Gasteiger partial charge in [-0.3, -0.25) is 10.2 Å². The van der Waals surface area contributed by atoms with Gasteiger partial charge in [-0.05, 0) is 43.8 Å². The predicted octanol–water partition coefficient (Wildman–Crippen LogP) is 3.74. The Balaban J connectivity index is 1.93. The molecule has 1 amide bonds. The number of hydrazine groups is 1. The fraction of sp³-hybridized carbons (Fsp3) is 0.364.